The van der Waals surface area contributed by atoms with Crippen LogP contribution in [0.4, 0.5) is 0 Å². The number of amides is 1. The molecule has 1 amide bonds. The number of thiophene rings is 1. The van der Waals surface area contributed by atoms with Gasteiger partial charge in [-0.3, -0.25) is 9.59 Å². The van der Waals surface area contributed by atoms with Gasteiger partial charge in [0.25, 0.3) is 5.91 Å². The molecule has 0 spiro atoms. The molecule has 5 heteroatoms. The Labute approximate surface area is 117 Å². The van der Waals surface area contributed by atoms with E-state index in [-0.39, 0.29) is 5.91 Å². The summed E-state index contributed by atoms with van der Waals surface area (Å²) in [5.41, 5.74) is 0.353. The molecule has 2 rings (SSSR count). The van der Waals surface area contributed by atoms with Crippen LogP contribution >= 0.6 is 11.3 Å². The molecule has 2 heterocycles. The molecule has 1 aliphatic heterocycles. The summed E-state index contributed by atoms with van der Waals surface area (Å²) < 4.78 is 0. The van der Waals surface area contributed by atoms with E-state index in [1.165, 1.54) is 16.2 Å². The minimum absolute atomic E-state index is 0.0298. The zero-order chi connectivity index (χ0) is 14.2. The smallest absolute Gasteiger partial charge is 0.311 e. The molecule has 104 valence electrons. The molecule has 0 aliphatic carbocycles. The SMILES string of the molecule is CCc1sc(C(=O)N2CC[C@](C)(C(=O)O)C2)cc1C. The first-order valence-corrected chi connectivity index (χ1v) is 7.31. The van der Waals surface area contributed by atoms with Crippen LogP contribution in [0.15, 0.2) is 6.07 Å². The third-order valence-electron chi connectivity index (χ3n) is 3.83. The predicted molar refractivity (Wildman–Crippen MR) is 74.7 cm³/mol. The van der Waals surface area contributed by atoms with Gasteiger partial charge in [-0.2, -0.15) is 0 Å². The van der Waals surface area contributed by atoms with Crippen LogP contribution in [-0.4, -0.2) is 35.0 Å². The largest absolute Gasteiger partial charge is 0.481 e. The number of nitrogens with zero attached hydrogens (tertiary/aromatic N) is 1. The van der Waals surface area contributed by atoms with E-state index in [2.05, 4.69) is 6.92 Å². The van der Waals surface area contributed by atoms with Gasteiger partial charge in [-0.1, -0.05) is 6.92 Å². The molecule has 1 atom stereocenters. The van der Waals surface area contributed by atoms with Gasteiger partial charge in [0.15, 0.2) is 0 Å². The van der Waals surface area contributed by atoms with E-state index in [1.54, 1.807) is 11.8 Å². The second kappa shape index (κ2) is 4.96. The first-order valence-electron chi connectivity index (χ1n) is 6.49. The van der Waals surface area contributed by atoms with Gasteiger partial charge in [-0.25, -0.2) is 0 Å². The molecule has 0 saturated carbocycles. The van der Waals surface area contributed by atoms with Crippen molar-refractivity contribution in [3.05, 3.63) is 21.4 Å². The van der Waals surface area contributed by atoms with E-state index in [0.717, 1.165) is 16.9 Å². The first kappa shape index (κ1) is 14.1. The number of carbonyl (C=O) groups is 2. The van der Waals surface area contributed by atoms with Crippen molar-refractivity contribution in [3.63, 3.8) is 0 Å². The Hall–Kier alpha value is -1.36. The lowest BCUT2D eigenvalue weighted by Crippen LogP contribution is -2.34. The molecule has 4 nitrogen and oxygen atoms in total. The van der Waals surface area contributed by atoms with Crippen LogP contribution in [-0.2, 0) is 11.2 Å². The van der Waals surface area contributed by atoms with Gasteiger partial charge < -0.3 is 10.0 Å². The van der Waals surface area contributed by atoms with Crippen molar-refractivity contribution in [1.82, 2.24) is 4.90 Å². The highest BCUT2D eigenvalue weighted by molar-refractivity contribution is 7.14. The lowest BCUT2D eigenvalue weighted by Gasteiger charge is -2.19. The highest BCUT2D eigenvalue weighted by atomic mass is 32.1. The van der Waals surface area contributed by atoms with Crippen molar-refractivity contribution in [2.24, 2.45) is 5.41 Å². The fourth-order valence-corrected chi connectivity index (χ4v) is 3.52. The Kier molecular flexibility index (Phi) is 3.67. The quantitative estimate of drug-likeness (QED) is 0.926. The molecule has 1 aliphatic rings. The zero-order valence-electron chi connectivity index (χ0n) is 11.5. The minimum Gasteiger partial charge on any atom is -0.481 e. The molecule has 0 bridgehead atoms. The van der Waals surface area contributed by atoms with E-state index < -0.39 is 11.4 Å². The zero-order valence-corrected chi connectivity index (χ0v) is 12.3. The molecular formula is C14H19NO3S. The van der Waals surface area contributed by atoms with Crippen LogP contribution < -0.4 is 0 Å². The standard InChI is InChI=1S/C14H19NO3S/c1-4-10-9(2)7-11(19-10)12(16)15-6-5-14(3,8-15)13(17)18/h7H,4-6,8H2,1-3H3,(H,17,18)/t14-/m0/s1. The van der Waals surface area contributed by atoms with Gasteiger partial charge in [0, 0.05) is 18.0 Å². The van der Waals surface area contributed by atoms with Crippen molar-refractivity contribution in [2.75, 3.05) is 13.1 Å². The van der Waals surface area contributed by atoms with Crippen molar-refractivity contribution >= 4 is 23.2 Å². The third-order valence-corrected chi connectivity index (χ3v) is 5.20. The predicted octanol–water partition coefficient (Wildman–Crippen LogP) is 2.56. The summed E-state index contributed by atoms with van der Waals surface area (Å²) >= 11 is 1.52. The van der Waals surface area contributed by atoms with Gasteiger partial charge in [0.2, 0.25) is 0 Å². The van der Waals surface area contributed by atoms with E-state index in [1.807, 2.05) is 13.0 Å². The summed E-state index contributed by atoms with van der Waals surface area (Å²) in [6, 6.07) is 1.92. The average molecular weight is 281 g/mol. The number of carboxylic acids is 1. The Morgan fingerprint density at radius 1 is 1.53 bits per heavy atom. The monoisotopic (exact) mass is 281 g/mol. The lowest BCUT2D eigenvalue weighted by atomic mass is 9.90. The van der Waals surface area contributed by atoms with E-state index >= 15 is 0 Å². The molecule has 1 fully saturated rings. The van der Waals surface area contributed by atoms with Crippen molar-refractivity contribution in [2.45, 2.75) is 33.6 Å². The van der Waals surface area contributed by atoms with E-state index in [0.29, 0.717) is 19.5 Å². The molecule has 19 heavy (non-hydrogen) atoms. The number of rotatable bonds is 3. The molecular weight excluding hydrogens is 262 g/mol. The van der Waals surface area contributed by atoms with Crippen LogP contribution in [0.2, 0.25) is 0 Å². The summed E-state index contributed by atoms with van der Waals surface area (Å²) in [6.07, 6.45) is 1.45. The van der Waals surface area contributed by atoms with Crippen molar-refractivity contribution < 1.29 is 14.7 Å². The lowest BCUT2D eigenvalue weighted by molar-refractivity contribution is -0.147. The minimum atomic E-state index is -0.820. The van der Waals surface area contributed by atoms with Crippen LogP contribution in [0.3, 0.4) is 0 Å². The summed E-state index contributed by atoms with van der Waals surface area (Å²) in [7, 11) is 0. The van der Waals surface area contributed by atoms with Gasteiger partial charge in [0.05, 0.1) is 10.3 Å². The topological polar surface area (TPSA) is 57.6 Å². The number of hydrogen-bond donors (Lipinski definition) is 1. The number of carbonyl (C=O) groups excluding carboxylic acids is 1. The van der Waals surface area contributed by atoms with Gasteiger partial charge in [-0.05, 0) is 38.3 Å². The number of hydrogen-bond acceptors (Lipinski definition) is 3. The summed E-state index contributed by atoms with van der Waals surface area (Å²) in [4.78, 5) is 27.2. The molecule has 0 unspecified atom stereocenters. The Morgan fingerprint density at radius 3 is 2.68 bits per heavy atom. The fourth-order valence-electron chi connectivity index (χ4n) is 2.44. The molecule has 1 aromatic heterocycles. The molecule has 1 aromatic rings. The van der Waals surface area contributed by atoms with Crippen LogP contribution in [0.25, 0.3) is 0 Å². The summed E-state index contributed by atoms with van der Waals surface area (Å²) in [6.45, 7) is 6.63. The highest BCUT2D eigenvalue weighted by Crippen LogP contribution is 2.32. The second-order valence-electron chi connectivity index (χ2n) is 5.41. The molecule has 1 saturated heterocycles. The Bertz CT molecular complexity index is 523. The maximum absolute atomic E-state index is 12.4. The molecule has 1 N–H and O–H groups in total. The number of aryl methyl sites for hydroxylation is 2. The third kappa shape index (κ3) is 2.52. The Balaban J connectivity index is 2.15. The van der Waals surface area contributed by atoms with Crippen molar-refractivity contribution in [3.8, 4) is 0 Å². The van der Waals surface area contributed by atoms with Crippen LogP contribution in [0.5, 0.6) is 0 Å². The second-order valence-corrected chi connectivity index (χ2v) is 6.55. The maximum atomic E-state index is 12.4. The molecule has 0 aromatic carbocycles. The van der Waals surface area contributed by atoms with Gasteiger partial charge in [0.1, 0.15) is 0 Å². The molecule has 0 radical (unpaired) electrons. The maximum Gasteiger partial charge on any atom is 0.311 e. The van der Waals surface area contributed by atoms with Crippen LogP contribution in [0.1, 0.15) is 40.4 Å². The van der Waals surface area contributed by atoms with E-state index in [9.17, 15) is 14.7 Å². The van der Waals surface area contributed by atoms with Crippen molar-refractivity contribution in [1.29, 1.82) is 0 Å². The van der Waals surface area contributed by atoms with Crippen LogP contribution in [0, 0.1) is 12.3 Å². The summed E-state index contributed by atoms with van der Waals surface area (Å²) in [5.74, 6) is -0.850. The number of likely N-dealkylation sites (tertiary alicyclic amines) is 1. The summed E-state index contributed by atoms with van der Waals surface area (Å²) in [5, 5.41) is 9.19. The number of carboxylic acid groups (broad SMARTS) is 1. The fraction of sp³-hybridized carbons (Fsp3) is 0.571. The Morgan fingerprint density at radius 2 is 2.21 bits per heavy atom. The first-order chi connectivity index (χ1) is 8.87. The van der Waals surface area contributed by atoms with E-state index in [4.69, 9.17) is 0 Å². The normalized spacial score (nSPS) is 22.8. The highest BCUT2D eigenvalue weighted by Gasteiger charge is 2.42. The van der Waals surface area contributed by atoms with Gasteiger partial charge in [-0.15, -0.1) is 11.3 Å². The van der Waals surface area contributed by atoms with Gasteiger partial charge >= 0.3 is 5.97 Å². The average Bonchev–Trinajstić information content (AvgIpc) is 2.93. The number of aliphatic carboxylic acids is 1.